The molecule has 9 heteroatoms. The highest BCUT2D eigenvalue weighted by Crippen LogP contribution is 2.33. The molecule has 0 unspecified atom stereocenters. The average Bonchev–Trinajstić information content (AvgIpc) is 3.52. The lowest BCUT2D eigenvalue weighted by atomic mass is 10.1. The Labute approximate surface area is 182 Å². The van der Waals surface area contributed by atoms with E-state index >= 15 is 0 Å². The molecular formula is C23H18FN7O. The van der Waals surface area contributed by atoms with E-state index in [-0.39, 0.29) is 5.89 Å². The van der Waals surface area contributed by atoms with E-state index in [0.29, 0.717) is 35.0 Å². The number of nitrogens with zero attached hydrogens (tertiary/aromatic N) is 6. The van der Waals surface area contributed by atoms with Gasteiger partial charge in [0.25, 0.3) is 5.89 Å². The van der Waals surface area contributed by atoms with Gasteiger partial charge in [0.2, 0.25) is 5.82 Å². The molecule has 158 valence electrons. The third kappa shape index (κ3) is 3.54. The van der Waals surface area contributed by atoms with E-state index in [1.54, 1.807) is 35.3 Å². The molecule has 0 spiro atoms. The van der Waals surface area contributed by atoms with Gasteiger partial charge in [-0.15, -0.1) is 5.10 Å². The van der Waals surface area contributed by atoms with Crippen LogP contribution in [0.2, 0.25) is 0 Å². The summed E-state index contributed by atoms with van der Waals surface area (Å²) >= 11 is 0. The summed E-state index contributed by atoms with van der Waals surface area (Å²) in [7, 11) is 0. The normalized spacial score (nSPS) is 11.1. The van der Waals surface area contributed by atoms with Crippen LogP contribution in [0.1, 0.15) is 11.1 Å². The van der Waals surface area contributed by atoms with Crippen molar-refractivity contribution in [2.75, 3.05) is 0 Å². The van der Waals surface area contributed by atoms with Crippen LogP contribution >= 0.6 is 0 Å². The van der Waals surface area contributed by atoms with Gasteiger partial charge in [-0.3, -0.25) is 4.98 Å². The number of hydrogen-bond donors (Lipinski definition) is 1. The zero-order chi connectivity index (χ0) is 21.9. The van der Waals surface area contributed by atoms with Gasteiger partial charge in [-0.1, -0.05) is 46.8 Å². The van der Waals surface area contributed by atoms with Crippen molar-refractivity contribution in [2.45, 2.75) is 13.2 Å². The maximum atomic E-state index is 13.7. The molecule has 5 rings (SSSR count). The van der Waals surface area contributed by atoms with Crippen molar-refractivity contribution in [3.8, 4) is 39.9 Å². The Morgan fingerprint density at radius 3 is 2.62 bits per heavy atom. The van der Waals surface area contributed by atoms with E-state index < -0.39 is 6.67 Å². The standard InChI is InChI=1S/C23H18FN7O/c24-13-18-5-1-2-7-19(18)31-21(16-8-10-26-11-9-16)20(28-30-31)23-27-22(29-32-23)17-6-3-4-15(12-17)14-25/h1-12H,13-14,25H2. The van der Waals surface area contributed by atoms with Gasteiger partial charge in [0.1, 0.15) is 12.4 Å². The molecule has 2 aromatic carbocycles. The van der Waals surface area contributed by atoms with Crippen LogP contribution in [0.15, 0.2) is 77.6 Å². The van der Waals surface area contributed by atoms with Crippen LogP contribution in [0.5, 0.6) is 0 Å². The molecule has 0 aliphatic carbocycles. The molecule has 0 atom stereocenters. The first-order chi connectivity index (χ1) is 15.8. The molecule has 0 radical (unpaired) electrons. The van der Waals surface area contributed by atoms with Gasteiger partial charge in [-0.25, -0.2) is 9.07 Å². The highest BCUT2D eigenvalue weighted by atomic mass is 19.1. The number of nitrogens with two attached hydrogens (primary N) is 1. The van der Waals surface area contributed by atoms with Crippen LogP contribution in [0, 0.1) is 0 Å². The Kier molecular flexibility index (Phi) is 5.22. The molecule has 0 saturated heterocycles. The van der Waals surface area contributed by atoms with Crippen molar-refractivity contribution in [2.24, 2.45) is 5.73 Å². The molecule has 32 heavy (non-hydrogen) atoms. The largest absolute Gasteiger partial charge is 0.332 e. The van der Waals surface area contributed by atoms with Crippen LogP contribution in [0.25, 0.3) is 39.9 Å². The molecular weight excluding hydrogens is 409 g/mol. The molecule has 3 aromatic heterocycles. The molecule has 0 saturated carbocycles. The molecule has 0 aliphatic rings. The van der Waals surface area contributed by atoms with Gasteiger partial charge in [-0.2, -0.15) is 4.98 Å². The fraction of sp³-hybridized carbons (Fsp3) is 0.0870. The number of aromatic nitrogens is 6. The second-order valence-corrected chi connectivity index (χ2v) is 7.02. The number of pyridine rings is 1. The van der Waals surface area contributed by atoms with Crippen molar-refractivity contribution >= 4 is 0 Å². The average molecular weight is 427 g/mol. The molecule has 0 bridgehead atoms. The predicted molar refractivity (Wildman–Crippen MR) is 116 cm³/mol. The minimum atomic E-state index is -0.636. The Bertz CT molecular complexity index is 1360. The Balaban J connectivity index is 1.66. The lowest BCUT2D eigenvalue weighted by molar-refractivity contribution is 0.431. The quantitative estimate of drug-likeness (QED) is 0.437. The van der Waals surface area contributed by atoms with E-state index in [1.807, 2.05) is 42.5 Å². The van der Waals surface area contributed by atoms with Gasteiger partial charge >= 0.3 is 0 Å². The fourth-order valence-corrected chi connectivity index (χ4v) is 3.47. The highest BCUT2D eigenvalue weighted by Gasteiger charge is 2.24. The second-order valence-electron chi connectivity index (χ2n) is 7.02. The first-order valence-corrected chi connectivity index (χ1v) is 9.92. The fourth-order valence-electron chi connectivity index (χ4n) is 3.47. The van der Waals surface area contributed by atoms with E-state index in [9.17, 15) is 4.39 Å². The summed E-state index contributed by atoms with van der Waals surface area (Å²) in [5.74, 6) is 0.614. The third-order valence-corrected chi connectivity index (χ3v) is 5.04. The van der Waals surface area contributed by atoms with Gasteiger partial charge < -0.3 is 10.3 Å². The number of para-hydroxylation sites is 1. The molecule has 0 fully saturated rings. The maximum Gasteiger partial charge on any atom is 0.281 e. The first-order valence-electron chi connectivity index (χ1n) is 9.92. The number of halogens is 1. The summed E-state index contributed by atoms with van der Waals surface area (Å²) in [4.78, 5) is 8.62. The van der Waals surface area contributed by atoms with E-state index in [2.05, 4.69) is 25.4 Å². The van der Waals surface area contributed by atoms with Crippen molar-refractivity contribution < 1.29 is 8.91 Å². The summed E-state index contributed by atoms with van der Waals surface area (Å²) < 4.78 is 20.8. The number of hydrogen-bond acceptors (Lipinski definition) is 7. The van der Waals surface area contributed by atoms with E-state index in [4.69, 9.17) is 10.3 Å². The Morgan fingerprint density at radius 2 is 1.81 bits per heavy atom. The number of rotatable bonds is 6. The SMILES string of the molecule is NCc1cccc(-c2noc(-c3nnn(-c4ccccc4CF)c3-c3ccncc3)n2)c1. The predicted octanol–water partition coefficient (Wildman–Crippen LogP) is 3.97. The molecule has 2 N–H and O–H groups in total. The minimum Gasteiger partial charge on any atom is -0.332 e. The van der Waals surface area contributed by atoms with Gasteiger partial charge in [0, 0.05) is 35.6 Å². The van der Waals surface area contributed by atoms with Crippen LogP contribution < -0.4 is 5.73 Å². The van der Waals surface area contributed by atoms with Crippen molar-refractivity contribution in [3.63, 3.8) is 0 Å². The van der Waals surface area contributed by atoms with E-state index in [0.717, 1.165) is 16.7 Å². The summed E-state index contributed by atoms with van der Waals surface area (Å²) in [6.45, 7) is -0.226. The number of benzene rings is 2. The van der Waals surface area contributed by atoms with Gasteiger partial charge in [-0.05, 0) is 29.8 Å². The third-order valence-electron chi connectivity index (χ3n) is 5.04. The molecule has 3 heterocycles. The van der Waals surface area contributed by atoms with Crippen molar-refractivity contribution in [3.05, 3.63) is 84.2 Å². The topological polar surface area (TPSA) is 109 Å². The minimum absolute atomic E-state index is 0.203. The van der Waals surface area contributed by atoms with Gasteiger partial charge in [0.05, 0.1) is 5.69 Å². The lowest BCUT2D eigenvalue weighted by Gasteiger charge is -2.10. The second kappa shape index (κ2) is 8.48. The summed E-state index contributed by atoms with van der Waals surface area (Å²) in [6.07, 6.45) is 3.32. The molecule has 0 amide bonds. The summed E-state index contributed by atoms with van der Waals surface area (Å²) in [6, 6.07) is 18.3. The summed E-state index contributed by atoms with van der Waals surface area (Å²) in [5, 5.41) is 12.7. The molecule has 0 aliphatic heterocycles. The maximum absolute atomic E-state index is 13.7. The van der Waals surface area contributed by atoms with Crippen LogP contribution in [-0.4, -0.2) is 30.1 Å². The zero-order valence-electron chi connectivity index (χ0n) is 16.9. The first kappa shape index (κ1) is 19.7. The van der Waals surface area contributed by atoms with Crippen LogP contribution in [-0.2, 0) is 13.2 Å². The van der Waals surface area contributed by atoms with Crippen molar-refractivity contribution in [1.29, 1.82) is 0 Å². The Morgan fingerprint density at radius 1 is 0.969 bits per heavy atom. The van der Waals surface area contributed by atoms with Crippen LogP contribution in [0.3, 0.4) is 0 Å². The molecule has 5 aromatic rings. The zero-order valence-corrected chi connectivity index (χ0v) is 16.9. The van der Waals surface area contributed by atoms with Crippen LogP contribution in [0.4, 0.5) is 4.39 Å². The van der Waals surface area contributed by atoms with Crippen molar-refractivity contribution in [1.82, 2.24) is 30.1 Å². The summed E-state index contributed by atoms with van der Waals surface area (Å²) in [5.41, 5.74) is 10.3. The van der Waals surface area contributed by atoms with E-state index in [1.165, 1.54) is 0 Å². The monoisotopic (exact) mass is 427 g/mol. The smallest absolute Gasteiger partial charge is 0.281 e. The highest BCUT2D eigenvalue weighted by molar-refractivity contribution is 5.76. The molecule has 8 nitrogen and oxygen atoms in total. The Hall–Kier alpha value is -4.24. The van der Waals surface area contributed by atoms with Gasteiger partial charge in [0.15, 0.2) is 5.69 Å². The number of alkyl halides is 1. The lowest BCUT2D eigenvalue weighted by Crippen LogP contribution is -2.03.